The second-order valence-corrected chi connectivity index (χ2v) is 16.2. The molecule has 1 atom stereocenters. The molecule has 80 heavy (non-hydrogen) atoms. The molecule has 0 radical (unpaired) electrons. The van der Waals surface area contributed by atoms with Crippen LogP contribution in [0.15, 0.2) is 146 Å². The van der Waals surface area contributed by atoms with Gasteiger partial charge in [0, 0.05) is 92.2 Å². The molecule has 0 spiro atoms. The first-order valence-corrected chi connectivity index (χ1v) is 24.9. The van der Waals surface area contributed by atoms with Crippen LogP contribution in [-0.2, 0) is 14.4 Å². The summed E-state index contributed by atoms with van der Waals surface area (Å²) in [7, 11) is 6.78. The number of rotatable bonds is 10. The second-order valence-electron chi connectivity index (χ2n) is 16.2. The number of aldehydes is 3. The summed E-state index contributed by atoms with van der Waals surface area (Å²) in [5, 5.41) is 19.2. The van der Waals surface area contributed by atoms with Crippen LogP contribution >= 0.6 is 0 Å². The molecule has 0 aliphatic carbocycles. The standard InChI is InChI=1S/C24H14N2O2.C24H16N2O.C5H11NO2.C4H9NO.C2H6.2CH6N2.CH2O2/c27-15-19-5-3-17(4-6-19)1-2-18-7-9-20(10-8-18)24-13-21(16-28)22-14-25-12-11-23(22)26-24;1-17-2-4-18(5-3-17)6-7-19-8-10-20(11-9-19)24-14-21(16-27)22-15-25-13-12-23(22)26-24;1-4(5(7)8)6(2)3;1-2-3-5-4-6;1-2;2*1-3-2;2-1-3/h3-16H;2-5,8-16H,1H3;4H,1-3H3,(H,7,8);4H,2-3H2,1H3,(H,5,6);1-2H3;2*3H,2H2,1H3;1H,(H,2,3). The number of nitrogens with one attached hydrogen (secondary N) is 3. The lowest BCUT2D eigenvalue weighted by Gasteiger charge is -2.13. The predicted molar refractivity (Wildman–Crippen MR) is 317 cm³/mol. The van der Waals surface area contributed by atoms with E-state index in [1.54, 1.807) is 95.1 Å². The number of carboxylic acid groups (broad SMARTS) is 2. The molecule has 1 amide bonds. The van der Waals surface area contributed by atoms with Gasteiger partial charge in [0.2, 0.25) is 6.41 Å². The number of benzene rings is 4. The van der Waals surface area contributed by atoms with Crippen molar-refractivity contribution in [2.24, 2.45) is 11.7 Å². The highest BCUT2D eigenvalue weighted by atomic mass is 16.4. The average Bonchev–Trinajstić information content (AvgIpc) is 3.58. The fraction of sp³-hybridized carbons (Fsp3) is 0.194. The van der Waals surface area contributed by atoms with Crippen molar-refractivity contribution in [2.75, 3.05) is 34.7 Å². The van der Waals surface area contributed by atoms with E-state index in [1.807, 2.05) is 99.6 Å². The first-order valence-electron chi connectivity index (χ1n) is 24.9. The van der Waals surface area contributed by atoms with Crippen molar-refractivity contribution in [1.29, 1.82) is 0 Å². The summed E-state index contributed by atoms with van der Waals surface area (Å²) in [5.41, 5.74) is 16.0. The fourth-order valence-corrected chi connectivity index (χ4v) is 6.12. The molecule has 4 aromatic carbocycles. The summed E-state index contributed by atoms with van der Waals surface area (Å²) >= 11 is 0. The Labute approximate surface area is 468 Å². The average molecular weight is 1080 g/mol. The normalized spacial score (nSPS) is 9.65. The Morgan fingerprint density at radius 1 is 0.625 bits per heavy atom. The smallest absolute Gasteiger partial charge is 0.320 e. The Hall–Kier alpha value is -9.66. The van der Waals surface area contributed by atoms with Crippen molar-refractivity contribution in [3.63, 3.8) is 0 Å². The van der Waals surface area contributed by atoms with E-state index in [4.69, 9.17) is 15.0 Å². The molecule has 4 aromatic heterocycles. The monoisotopic (exact) mass is 1080 g/mol. The van der Waals surface area contributed by atoms with E-state index in [-0.39, 0.29) is 12.5 Å². The number of nitrogens with zero attached hydrogens (tertiary/aromatic N) is 5. The van der Waals surface area contributed by atoms with Crippen LogP contribution in [0, 0.1) is 30.6 Å². The number of pyridine rings is 4. The summed E-state index contributed by atoms with van der Waals surface area (Å²) in [6, 6.07) is 37.7. The van der Waals surface area contributed by atoms with Crippen molar-refractivity contribution >= 4 is 59.5 Å². The van der Waals surface area contributed by atoms with Gasteiger partial charge in [0.25, 0.3) is 6.47 Å². The number of hydrazine groups is 2. The number of aliphatic carboxylic acids is 1. The molecule has 18 heteroatoms. The molecule has 0 saturated heterocycles. The van der Waals surface area contributed by atoms with Crippen LogP contribution in [0.5, 0.6) is 0 Å². The molecule has 416 valence electrons. The van der Waals surface area contributed by atoms with Gasteiger partial charge in [-0.1, -0.05) is 98.5 Å². The van der Waals surface area contributed by atoms with Crippen LogP contribution in [0.3, 0.4) is 0 Å². The van der Waals surface area contributed by atoms with Crippen LogP contribution in [0.4, 0.5) is 0 Å². The van der Waals surface area contributed by atoms with Crippen LogP contribution in [0.25, 0.3) is 44.3 Å². The van der Waals surface area contributed by atoms with E-state index in [1.165, 1.54) is 5.56 Å². The summed E-state index contributed by atoms with van der Waals surface area (Å²) in [6.45, 7) is 10.3. The van der Waals surface area contributed by atoms with Gasteiger partial charge >= 0.3 is 5.97 Å². The highest BCUT2D eigenvalue weighted by Crippen LogP contribution is 2.25. The number of hydrogen-bond donors (Lipinski definition) is 7. The molecule has 0 fully saturated rings. The maximum atomic E-state index is 11.4. The van der Waals surface area contributed by atoms with Gasteiger partial charge in [-0.25, -0.2) is 9.97 Å². The molecule has 4 heterocycles. The second kappa shape index (κ2) is 40.6. The van der Waals surface area contributed by atoms with Gasteiger partial charge in [0.15, 0.2) is 12.6 Å². The maximum Gasteiger partial charge on any atom is 0.320 e. The van der Waals surface area contributed by atoms with Crippen LogP contribution < -0.4 is 27.9 Å². The summed E-state index contributed by atoms with van der Waals surface area (Å²) in [4.78, 5) is 80.5. The molecule has 0 aliphatic heterocycles. The third kappa shape index (κ3) is 25.0. The lowest BCUT2D eigenvalue weighted by molar-refractivity contribution is -0.141. The zero-order valence-corrected chi connectivity index (χ0v) is 46.5. The van der Waals surface area contributed by atoms with Crippen molar-refractivity contribution in [1.82, 2.24) is 41.0 Å². The molecule has 9 N–H and O–H groups in total. The van der Waals surface area contributed by atoms with Gasteiger partial charge in [0.1, 0.15) is 12.3 Å². The van der Waals surface area contributed by atoms with Gasteiger partial charge in [-0.05, 0) is 121 Å². The number of amides is 1. The number of hydrogen-bond acceptors (Lipinski definition) is 15. The number of carboxylic acids is 1. The summed E-state index contributed by atoms with van der Waals surface area (Å²) in [5.74, 6) is 20.9. The van der Waals surface area contributed by atoms with Crippen LogP contribution in [0.1, 0.15) is 93.0 Å². The molecule has 0 bridgehead atoms. The summed E-state index contributed by atoms with van der Waals surface area (Å²) in [6.07, 6.45) is 10.9. The van der Waals surface area contributed by atoms with Crippen molar-refractivity contribution < 1.29 is 39.0 Å². The first kappa shape index (κ1) is 68.4. The zero-order valence-electron chi connectivity index (χ0n) is 46.5. The number of aromatic nitrogens is 4. The Bertz CT molecular complexity index is 3260. The van der Waals surface area contributed by atoms with Gasteiger partial charge in [0.05, 0.1) is 22.4 Å². The van der Waals surface area contributed by atoms with Crippen molar-refractivity contribution in [2.45, 2.75) is 47.1 Å². The van der Waals surface area contributed by atoms with Gasteiger partial charge < -0.3 is 15.5 Å². The molecular formula is C62H70N10O8. The highest BCUT2D eigenvalue weighted by Gasteiger charge is 2.12. The minimum atomic E-state index is -0.782. The molecule has 0 saturated carbocycles. The topological polar surface area (TPSA) is 286 Å². The molecular weight excluding hydrogens is 1010 g/mol. The molecule has 18 nitrogen and oxygen atoms in total. The van der Waals surface area contributed by atoms with E-state index in [0.29, 0.717) is 23.1 Å². The Kier molecular flexibility index (Phi) is 34.7. The highest BCUT2D eigenvalue weighted by molar-refractivity contribution is 5.98. The predicted octanol–water partition coefficient (Wildman–Crippen LogP) is 8.19. The molecule has 1 unspecified atom stereocenters. The van der Waals surface area contributed by atoms with Crippen LogP contribution in [0.2, 0.25) is 0 Å². The molecule has 8 rings (SSSR count). The lowest BCUT2D eigenvalue weighted by Crippen LogP contribution is -2.32. The maximum absolute atomic E-state index is 11.4. The van der Waals surface area contributed by atoms with Crippen molar-refractivity contribution in [3.8, 4) is 46.2 Å². The number of likely N-dealkylation sites (N-methyl/N-ethyl adjacent to an activating group) is 1. The molecule has 8 aromatic rings. The van der Waals surface area contributed by atoms with E-state index >= 15 is 0 Å². The number of carbonyl (C=O) groups is 6. The Balaban J connectivity index is 0.000000567. The Morgan fingerprint density at radius 3 is 1.25 bits per heavy atom. The SMILES string of the molecule is CC.CC(C(=O)O)N(C)C.CCCNC=O.CNN.CNN.Cc1ccc(C#Cc2ccc(-c3cc(C=O)c4cnccc4n3)cc2)cc1.O=CO.O=Cc1ccc(C#Cc2ccc(-c3cc(C=O)c4cnccc4n3)cc2)cc1. The van der Waals surface area contributed by atoms with Gasteiger partial charge in [-0.15, -0.1) is 0 Å². The van der Waals surface area contributed by atoms with E-state index in [2.05, 4.69) is 90.5 Å². The molecule has 0 aliphatic rings. The van der Waals surface area contributed by atoms with E-state index in [9.17, 15) is 24.0 Å². The van der Waals surface area contributed by atoms with Crippen molar-refractivity contribution in [3.05, 3.63) is 191 Å². The number of nitrogens with two attached hydrogens (primary N) is 2. The third-order valence-corrected chi connectivity index (χ3v) is 10.3. The number of fused-ring (bicyclic) bond motifs is 2. The minimum Gasteiger partial charge on any atom is -0.483 e. The number of aryl methyl sites for hydroxylation is 1. The lowest BCUT2D eigenvalue weighted by atomic mass is 10.0. The largest absolute Gasteiger partial charge is 0.483 e. The third-order valence-electron chi connectivity index (χ3n) is 10.3. The quantitative estimate of drug-likeness (QED) is 0.0223. The first-order chi connectivity index (χ1) is 38.7. The number of carbonyl (C=O) groups excluding carboxylic acids is 4. The Morgan fingerprint density at radius 2 is 0.975 bits per heavy atom. The zero-order chi connectivity index (χ0) is 59.7. The van der Waals surface area contributed by atoms with E-state index < -0.39 is 5.97 Å². The summed E-state index contributed by atoms with van der Waals surface area (Å²) < 4.78 is 0. The van der Waals surface area contributed by atoms with Gasteiger partial charge in [-0.2, -0.15) is 0 Å². The minimum absolute atomic E-state index is 0.250. The van der Waals surface area contributed by atoms with Gasteiger partial charge in [-0.3, -0.25) is 66.2 Å². The van der Waals surface area contributed by atoms with E-state index in [0.717, 1.165) is 98.4 Å². The fourth-order valence-electron chi connectivity index (χ4n) is 6.12. The van der Waals surface area contributed by atoms with Crippen LogP contribution in [-0.4, -0.2) is 114 Å².